The lowest BCUT2D eigenvalue weighted by Crippen LogP contribution is -2.58. The Morgan fingerprint density at radius 2 is 1.52 bits per heavy atom. The first-order valence-electron chi connectivity index (χ1n) is 9.35. The van der Waals surface area contributed by atoms with Crippen LogP contribution < -0.4 is 0 Å². The molecule has 6 atom stereocenters. The number of fused-ring (bicyclic) bond motifs is 2. The van der Waals surface area contributed by atoms with Crippen LogP contribution in [-0.2, 0) is 4.74 Å². The van der Waals surface area contributed by atoms with Gasteiger partial charge in [0.15, 0.2) is 6.29 Å². The lowest BCUT2D eigenvalue weighted by molar-refractivity contribution is -0.374. The summed E-state index contributed by atoms with van der Waals surface area (Å²) in [5.41, 5.74) is -4.72. The van der Waals surface area contributed by atoms with Gasteiger partial charge in [0.25, 0.3) is 5.60 Å². The number of halogens is 6. The van der Waals surface area contributed by atoms with Gasteiger partial charge in [0.05, 0.1) is 6.10 Å². The largest absolute Gasteiger partial charge is 0.426 e. The molecule has 2 fully saturated rings. The molecule has 27 heavy (non-hydrogen) atoms. The predicted octanol–water partition coefficient (Wildman–Crippen LogP) is 4.66. The Morgan fingerprint density at radius 3 is 1.96 bits per heavy atom. The van der Waals surface area contributed by atoms with Crippen LogP contribution in [0.1, 0.15) is 52.9 Å². The van der Waals surface area contributed by atoms with Gasteiger partial charge >= 0.3 is 12.4 Å². The molecule has 160 valence electrons. The third-order valence-corrected chi connectivity index (χ3v) is 6.03. The Labute approximate surface area is 155 Å². The van der Waals surface area contributed by atoms with Gasteiger partial charge in [-0.25, -0.2) is 0 Å². The highest BCUT2D eigenvalue weighted by molar-refractivity contribution is 5.03. The summed E-state index contributed by atoms with van der Waals surface area (Å²) >= 11 is 0. The van der Waals surface area contributed by atoms with Crippen LogP contribution in [0.5, 0.6) is 0 Å². The summed E-state index contributed by atoms with van der Waals surface area (Å²) in [4.78, 5) is 0. The third-order valence-electron chi connectivity index (χ3n) is 6.03. The second-order valence-electron chi connectivity index (χ2n) is 8.73. The maximum Gasteiger partial charge on any atom is 0.426 e. The van der Waals surface area contributed by atoms with Crippen molar-refractivity contribution in [2.75, 3.05) is 0 Å². The fourth-order valence-corrected chi connectivity index (χ4v) is 4.76. The average molecular weight is 406 g/mol. The summed E-state index contributed by atoms with van der Waals surface area (Å²) < 4.78 is 83.6. The Kier molecular flexibility index (Phi) is 6.49. The lowest BCUT2D eigenvalue weighted by Gasteiger charge is -2.38. The van der Waals surface area contributed by atoms with E-state index in [1.54, 1.807) is 6.92 Å². The Balaban J connectivity index is 2.07. The van der Waals surface area contributed by atoms with E-state index in [9.17, 15) is 36.6 Å². The molecular weight excluding hydrogens is 378 g/mol. The van der Waals surface area contributed by atoms with Crippen LogP contribution in [0.2, 0.25) is 0 Å². The van der Waals surface area contributed by atoms with Crippen LogP contribution in [0.4, 0.5) is 26.3 Å². The first-order valence-corrected chi connectivity index (χ1v) is 9.35. The number of hydrogen-bond donors (Lipinski definition) is 2. The molecule has 0 heterocycles. The fraction of sp³-hybridized carbons (Fsp3) is 1.00. The van der Waals surface area contributed by atoms with Crippen molar-refractivity contribution in [2.45, 2.75) is 83.2 Å². The van der Waals surface area contributed by atoms with E-state index in [-0.39, 0.29) is 18.3 Å². The summed E-state index contributed by atoms with van der Waals surface area (Å²) in [6, 6.07) is 0. The molecule has 0 spiro atoms. The van der Waals surface area contributed by atoms with Crippen molar-refractivity contribution in [1.29, 1.82) is 0 Å². The van der Waals surface area contributed by atoms with Crippen LogP contribution in [0.3, 0.4) is 0 Å². The molecule has 3 nitrogen and oxygen atoms in total. The zero-order chi connectivity index (χ0) is 20.8. The second kappa shape index (κ2) is 7.71. The van der Waals surface area contributed by atoms with E-state index in [0.717, 1.165) is 0 Å². The maximum atomic E-state index is 13.0. The number of aliphatic hydroxyl groups excluding tert-OH is 1. The monoisotopic (exact) mass is 406 g/mol. The maximum absolute atomic E-state index is 13.0. The molecule has 0 aromatic rings. The van der Waals surface area contributed by atoms with E-state index < -0.39 is 48.6 Å². The summed E-state index contributed by atoms with van der Waals surface area (Å²) in [5, 5.41) is 19.7. The van der Waals surface area contributed by atoms with Crippen LogP contribution in [0, 0.1) is 29.6 Å². The quantitative estimate of drug-likeness (QED) is 0.477. The SMILES string of the molecule is CC(C)CC(C)C(O)OC1CC2CC(CC(O)(C(F)(F)F)C(F)(F)F)C1C2. The summed E-state index contributed by atoms with van der Waals surface area (Å²) in [5.74, 6) is -1.38. The minimum Gasteiger partial charge on any atom is -0.374 e. The summed E-state index contributed by atoms with van der Waals surface area (Å²) in [6.07, 6.45) is -12.8. The minimum absolute atomic E-state index is 0.0386. The van der Waals surface area contributed by atoms with Crippen molar-refractivity contribution in [3.63, 3.8) is 0 Å². The zero-order valence-electron chi connectivity index (χ0n) is 15.6. The summed E-state index contributed by atoms with van der Waals surface area (Å²) in [6.45, 7) is 5.75. The molecule has 0 aromatic carbocycles. The Hall–Kier alpha value is -0.540. The molecule has 0 amide bonds. The molecule has 2 bridgehead atoms. The minimum atomic E-state index is -5.80. The number of aliphatic hydroxyl groups is 2. The van der Waals surface area contributed by atoms with Gasteiger partial charge in [-0.05, 0) is 55.8 Å². The molecule has 2 N–H and O–H groups in total. The topological polar surface area (TPSA) is 49.7 Å². The van der Waals surface area contributed by atoms with E-state index in [4.69, 9.17) is 4.74 Å². The van der Waals surface area contributed by atoms with E-state index in [1.807, 2.05) is 13.8 Å². The van der Waals surface area contributed by atoms with Gasteiger partial charge in [-0.1, -0.05) is 20.8 Å². The molecular formula is C18H28F6O3. The lowest BCUT2D eigenvalue weighted by atomic mass is 9.78. The predicted molar refractivity (Wildman–Crippen MR) is 85.5 cm³/mol. The van der Waals surface area contributed by atoms with Crippen molar-refractivity contribution >= 4 is 0 Å². The van der Waals surface area contributed by atoms with E-state index >= 15 is 0 Å². The van der Waals surface area contributed by atoms with Crippen LogP contribution in [0.15, 0.2) is 0 Å². The molecule has 2 saturated carbocycles. The van der Waals surface area contributed by atoms with Crippen molar-refractivity contribution in [1.82, 2.24) is 0 Å². The third kappa shape index (κ3) is 4.72. The molecule has 9 heteroatoms. The highest BCUT2D eigenvalue weighted by Crippen LogP contribution is 2.56. The molecule has 0 radical (unpaired) electrons. The molecule has 2 rings (SSSR count). The normalized spacial score (nSPS) is 31.6. The molecule has 0 aliphatic heterocycles. The molecule has 2 aliphatic rings. The fourth-order valence-electron chi connectivity index (χ4n) is 4.76. The molecule has 0 saturated heterocycles. The Morgan fingerprint density at radius 1 is 0.963 bits per heavy atom. The molecule has 6 unspecified atom stereocenters. The Bertz CT molecular complexity index is 490. The van der Waals surface area contributed by atoms with E-state index in [2.05, 4.69) is 0 Å². The first-order chi connectivity index (χ1) is 12.2. The number of hydrogen-bond acceptors (Lipinski definition) is 3. The highest BCUT2D eigenvalue weighted by Gasteiger charge is 2.71. The van der Waals surface area contributed by atoms with Crippen LogP contribution >= 0.6 is 0 Å². The van der Waals surface area contributed by atoms with Crippen molar-refractivity contribution in [2.24, 2.45) is 29.6 Å². The standard InChI is InChI=1S/C18H28F6O3/c1-9(2)4-10(3)15(25)27-14-7-11-5-12(13(14)6-11)8-16(26,17(19,20)21)18(22,23)24/h9-15,25-26H,4-8H2,1-3H3. The number of alkyl halides is 6. The van der Waals surface area contributed by atoms with E-state index in [1.165, 1.54) is 0 Å². The first kappa shape index (κ1) is 22.7. The van der Waals surface area contributed by atoms with Crippen molar-refractivity contribution in [3.8, 4) is 0 Å². The van der Waals surface area contributed by atoms with Gasteiger partial charge in [-0.2, -0.15) is 26.3 Å². The average Bonchev–Trinajstić information content (AvgIpc) is 3.03. The van der Waals surface area contributed by atoms with Gasteiger partial charge in [0.1, 0.15) is 0 Å². The van der Waals surface area contributed by atoms with Gasteiger partial charge in [0, 0.05) is 5.92 Å². The van der Waals surface area contributed by atoms with Crippen molar-refractivity contribution < 1.29 is 41.3 Å². The van der Waals surface area contributed by atoms with Gasteiger partial charge < -0.3 is 14.9 Å². The smallest absolute Gasteiger partial charge is 0.374 e. The highest BCUT2D eigenvalue weighted by atomic mass is 19.4. The zero-order valence-corrected chi connectivity index (χ0v) is 15.6. The number of rotatable bonds is 7. The summed E-state index contributed by atoms with van der Waals surface area (Å²) in [7, 11) is 0. The molecule has 2 aliphatic carbocycles. The molecule has 0 aromatic heterocycles. The van der Waals surface area contributed by atoms with Gasteiger partial charge in [-0.3, -0.25) is 0 Å². The van der Waals surface area contributed by atoms with Crippen LogP contribution in [-0.4, -0.2) is 40.6 Å². The van der Waals surface area contributed by atoms with E-state index in [0.29, 0.717) is 25.2 Å². The van der Waals surface area contributed by atoms with Gasteiger partial charge in [0.2, 0.25) is 0 Å². The van der Waals surface area contributed by atoms with Crippen LogP contribution in [0.25, 0.3) is 0 Å². The second-order valence-corrected chi connectivity index (χ2v) is 8.73. The van der Waals surface area contributed by atoms with Gasteiger partial charge in [-0.15, -0.1) is 0 Å². The number of ether oxygens (including phenoxy) is 1. The van der Waals surface area contributed by atoms with Crippen molar-refractivity contribution in [3.05, 3.63) is 0 Å².